The fourth-order valence-electron chi connectivity index (χ4n) is 3.01. The van der Waals surface area contributed by atoms with Crippen molar-refractivity contribution in [3.8, 4) is 0 Å². The van der Waals surface area contributed by atoms with Gasteiger partial charge in [0.2, 0.25) is 11.8 Å². The molecule has 1 aliphatic rings. The first-order chi connectivity index (χ1) is 11.1. The van der Waals surface area contributed by atoms with Crippen LogP contribution in [0.15, 0.2) is 18.2 Å². The van der Waals surface area contributed by atoms with Gasteiger partial charge in [-0.1, -0.05) is 13.0 Å². The third-order valence-corrected chi connectivity index (χ3v) is 4.20. The highest BCUT2D eigenvalue weighted by Gasteiger charge is 2.21. The predicted molar refractivity (Wildman–Crippen MR) is 99.1 cm³/mol. The average Bonchev–Trinajstić information content (AvgIpc) is 2.52. The smallest absolute Gasteiger partial charge is 0.220 e. The van der Waals surface area contributed by atoms with Crippen LogP contribution in [0.3, 0.4) is 0 Å². The second-order valence-corrected chi connectivity index (χ2v) is 6.17. The maximum absolute atomic E-state index is 12.1. The largest absolute Gasteiger partial charge is 0.399 e. The lowest BCUT2D eigenvalue weighted by Crippen LogP contribution is -2.31. The van der Waals surface area contributed by atoms with Gasteiger partial charge in [-0.3, -0.25) is 9.59 Å². The fourth-order valence-corrected chi connectivity index (χ4v) is 3.01. The molecule has 0 bridgehead atoms. The normalized spacial score (nSPS) is 15.8. The molecule has 6 heteroatoms. The van der Waals surface area contributed by atoms with E-state index in [4.69, 9.17) is 5.73 Å². The molecule has 0 saturated heterocycles. The summed E-state index contributed by atoms with van der Waals surface area (Å²) in [4.78, 5) is 23.6. The third-order valence-electron chi connectivity index (χ3n) is 4.20. The number of anilines is 1. The van der Waals surface area contributed by atoms with Gasteiger partial charge >= 0.3 is 0 Å². The summed E-state index contributed by atoms with van der Waals surface area (Å²) in [6.07, 6.45) is 5.34. The number of rotatable bonds is 7. The SMILES string of the molecule is CCCNC(=O)CCCC(=O)NC1CCCc2cc(N)ccc21.Cl. The van der Waals surface area contributed by atoms with E-state index in [-0.39, 0.29) is 30.3 Å². The zero-order chi connectivity index (χ0) is 16.7. The molecule has 1 aromatic carbocycles. The minimum absolute atomic E-state index is 0. The van der Waals surface area contributed by atoms with Gasteiger partial charge in [0.15, 0.2) is 0 Å². The summed E-state index contributed by atoms with van der Waals surface area (Å²) in [5.41, 5.74) is 9.02. The highest BCUT2D eigenvalue weighted by atomic mass is 35.5. The number of nitrogens with one attached hydrogen (secondary N) is 2. The van der Waals surface area contributed by atoms with Crippen molar-refractivity contribution in [1.29, 1.82) is 0 Å². The van der Waals surface area contributed by atoms with E-state index in [1.165, 1.54) is 11.1 Å². The van der Waals surface area contributed by atoms with Crippen molar-refractivity contribution in [2.45, 2.75) is 57.9 Å². The Morgan fingerprint density at radius 3 is 2.75 bits per heavy atom. The Morgan fingerprint density at radius 1 is 1.25 bits per heavy atom. The first kappa shape index (κ1) is 20.3. The van der Waals surface area contributed by atoms with Gasteiger partial charge in [-0.25, -0.2) is 0 Å². The first-order valence-corrected chi connectivity index (χ1v) is 8.54. The van der Waals surface area contributed by atoms with E-state index >= 15 is 0 Å². The van der Waals surface area contributed by atoms with Crippen LogP contribution in [-0.2, 0) is 16.0 Å². The molecule has 1 aromatic rings. The van der Waals surface area contributed by atoms with E-state index in [1.54, 1.807) is 0 Å². The van der Waals surface area contributed by atoms with Crippen LogP contribution in [0.4, 0.5) is 5.69 Å². The fraction of sp³-hybridized carbons (Fsp3) is 0.556. The van der Waals surface area contributed by atoms with Crippen LogP contribution in [0.5, 0.6) is 0 Å². The molecular weight excluding hydrogens is 326 g/mol. The lowest BCUT2D eigenvalue weighted by molar-refractivity contribution is -0.122. The molecule has 0 aromatic heterocycles. The number of hydrogen-bond acceptors (Lipinski definition) is 3. The Hall–Kier alpha value is -1.75. The van der Waals surface area contributed by atoms with Crippen LogP contribution in [0.1, 0.15) is 62.6 Å². The molecule has 5 nitrogen and oxygen atoms in total. The van der Waals surface area contributed by atoms with E-state index in [2.05, 4.69) is 10.6 Å². The second-order valence-electron chi connectivity index (χ2n) is 6.17. The number of carbonyl (C=O) groups is 2. The molecule has 2 rings (SSSR count). The number of halogens is 1. The monoisotopic (exact) mass is 353 g/mol. The molecular formula is C18H28ClN3O2. The average molecular weight is 354 g/mol. The van der Waals surface area contributed by atoms with Crippen LogP contribution >= 0.6 is 12.4 Å². The number of amides is 2. The lowest BCUT2D eigenvalue weighted by atomic mass is 9.87. The van der Waals surface area contributed by atoms with Gasteiger partial charge in [-0.15, -0.1) is 12.4 Å². The minimum Gasteiger partial charge on any atom is -0.399 e. The van der Waals surface area contributed by atoms with E-state index in [9.17, 15) is 9.59 Å². The molecule has 0 saturated carbocycles. The maximum atomic E-state index is 12.1. The van der Waals surface area contributed by atoms with Crippen molar-refractivity contribution in [3.63, 3.8) is 0 Å². The molecule has 2 amide bonds. The topological polar surface area (TPSA) is 84.2 Å². The molecule has 1 aliphatic carbocycles. The zero-order valence-corrected chi connectivity index (χ0v) is 15.1. The third kappa shape index (κ3) is 6.04. The van der Waals surface area contributed by atoms with Crippen LogP contribution < -0.4 is 16.4 Å². The summed E-state index contributed by atoms with van der Waals surface area (Å²) in [7, 11) is 0. The van der Waals surface area contributed by atoms with Crippen molar-refractivity contribution in [2.24, 2.45) is 0 Å². The molecule has 1 atom stereocenters. The van der Waals surface area contributed by atoms with Gasteiger partial charge in [-0.2, -0.15) is 0 Å². The minimum atomic E-state index is 0. The molecule has 4 N–H and O–H groups in total. The Balaban J connectivity index is 0.00000288. The number of nitrogens with two attached hydrogens (primary N) is 1. The molecule has 24 heavy (non-hydrogen) atoms. The Labute approximate surface area is 150 Å². The molecule has 134 valence electrons. The van der Waals surface area contributed by atoms with Gasteiger partial charge in [0, 0.05) is 25.1 Å². The quantitative estimate of drug-likeness (QED) is 0.659. The first-order valence-electron chi connectivity index (χ1n) is 8.54. The van der Waals surface area contributed by atoms with Crippen LogP contribution in [-0.4, -0.2) is 18.4 Å². The van der Waals surface area contributed by atoms with Gasteiger partial charge in [0.05, 0.1) is 6.04 Å². The van der Waals surface area contributed by atoms with Crippen molar-refractivity contribution in [2.75, 3.05) is 12.3 Å². The highest BCUT2D eigenvalue weighted by molar-refractivity contribution is 5.85. The molecule has 0 spiro atoms. The summed E-state index contributed by atoms with van der Waals surface area (Å²) in [5.74, 6) is 0.0427. The standard InChI is InChI=1S/C18H27N3O2.ClH/c1-2-11-20-17(22)7-4-8-18(23)21-16-6-3-5-13-12-14(19)9-10-15(13)16;/h9-10,12,16H,2-8,11,19H2,1H3,(H,20,22)(H,21,23);1H. The lowest BCUT2D eigenvalue weighted by Gasteiger charge is -2.26. The number of benzene rings is 1. The summed E-state index contributed by atoms with van der Waals surface area (Å²) < 4.78 is 0. The van der Waals surface area contributed by atoms with Gasteiger partial charge in [-0.05, 0) is 55.4 Å². The van der Waals surface area contributed by atoms with Gasteiger partial charge in [0.25, 0.3) is 0 Å². The van der Waals surface area contributed by atoms with E-state index in [0.29, 0.717) is 25.8 Å². The second kappa shape index (κ2) is 10.2. The van der Waals surface area contributed by atoms with Crippen molar-refractivity contribution in [3.05, 3.63) is 29.3 Å². The van der Waals surface area contributed by atoms with Crippen LogP contribution in [0.2, 0.25) is 0 Å². The van der Waals surface area contributed by atoms with Crippen LogP contribution in [0, 0.1) is 0 Å². The molecule has 0 radical (unpaired) electrons. The number of hydrogen-bond donors (Lipinski definition) is 3. The summed E-state index contributed by atoms with van der Waals surface area (Å²) in [6.45, 7) is 2.72. The zero-order valence-electron chi connectivity index (χ0n) is 14.3. The van der Waals surface area contributed by atoms with Crippen molar-refractivity contribution < 1.29 is 9.59 Å². The van der Waals surface area contributed by atoms with E-state index < -0.39 is 0 Å². The summed E-state index contributed by atoms with van der Waals surface area (Å²) in [6, 6.07) is 5.99. The van der Waals surface area contributed by atoms with Gasteiger partial charge in [0.1, 0.15) is 0 Å². The summed E-state index contributed by atoms with van der Waals surface area (Å²) >= 11 is 0. The Kier molecular flexibility index (Phi) is 8.61. The number of nitrogen functional groups attached to an aromatic ring is 1. The molecule has 0 heterocycles. The van der Waals surface area contributed by atoms with Gasteiger partial charge < -0.3 is 16.4 Å². The number of fused-ring (bicyclic) bond motifs is 1. The Bertz CT molecular complexity index is 563. The van der Waals surface area contributed by atoms with E-state index in [0.717, 1.165) is 31.4 Å². The maximum Gasteiger partial charge on any atom is 0.220 e. The number of carbonyl (C=O) groups excluding carboxylic acids is 2. The summed E-state index contributed by atoms with van der Waals surface area (Å²) in [5, 5.41) is 5.92. The van der Waals surface area contributed by atoms with Crippen molar-refractivity contribution >= 4 is 29.9 Å². The highest BCUT2D eigenvalue weighted by Crippen LogP contribution is 2.31. The molecule has 0 fully saturated rings. The molecule has 0 aliphatic heterocycles. The van der Waals surface area contributed by atoms with Crippen LogP contribution in [0.25, 0.3) is 0 Å². The van der Waals surface area contributed by atoms with Crippen molar-refractivity contribution in [1.82, 2.24) is 10.6 Å². The number of aryl methyl sites for hydroxylation is 1. The molecule has 1 unspecified atom stereocenters. The Morgan fingerprint density at radius 2 is 2.00 bits per heavy atom. The predicted octanol–water partition coefficient (Wildman–Crippen LogP) is 2.88. The van der Waals surface area contributed by atoms with E-state index in [1.807, 2.05) is 25.1 Å².